The van der Waals surface area contributed by atoms with Gasteiger partial charge in [0, 0.05) is 18.3 Å². The SMILES string of the molecule is CC(CNC(=O)Cc1ccccc1N)N1CCCC1. The Morgan fingerprint density at radius 2 is 2.05 bits per heavy atom. The van der Waals surface area contributed by atoms with Crippen molar-refractivity contribution in [2.24, 2.45) is 0 Å². The van der Waals surface area contributed by atoms with Crippen LogP contribution in [0.1, 0.15) is 25.3 Å². The molecule has 1 heterocycles. The molecule has 0 radical (unpaired) electrons. The third-order valence-electron chi connectivity index (χ3n) is 3.76. The van der Waals surface area contributed by atoms with E-state index in [9.17, 15) is 4.79 Å². The lowest BCUT2D eigenvalue weighted by Crippen LogP contribution is -2.41. The number of amides is 1. The number of nitrogen functional groups attached to an aromatic ring is 1. The highest BCUT2D eigenvalue weighted by Crippen LogP contribution is 2.12. The summed E-state index contributed by atoms with van der Waals surface area (Å²) in [6.07, 6.45) is 2.91. The lowest BCUT2D eigenvalue weighted by atomic mass is 10.1. The zero-order valence-corrected chi connectivity index (χ0v) is 11.6. The number of hydrogen-bond donors (Lipinski definition) is 2. The maximum absolute atomic E-state index is 11.9. The Kier molecular flexibility index (Phi) is 4.80. The van der Waals surface area contributed by atoms with E-state index in [1.807, 2.05) is 24.3 Å². The molecule has 1 atom stereocenters. The number of anilines is 1. The van der Waals surface area contributed by atoms with E-state index in [0.717, 1.165) is 18.7 Å². The van der Waals surface area contributed by atoms with E-state index < -0.39 is 0 Å². The number of nitrogens with zero attached hydrogens (tertiary/aromatic N) is 1. The molecule has 1 aliphatic heterocycles. The van der Waals surface area contributed by atoms with Crippen LogP contribution in [0, 0.1) is 0 Å². The van der Waals surface area contributed by atoms with Crippen LogP contribution in [0.5, 0.6) is 0 Å². The number of likely N-dealkylation sites (tertiary alicyclic amines) is 1. The number of rotatable bonds is 5. The van der Waals surface area contributed by atoms with Crippen LogP contribution in [-0.4, -0.2) is 36.5 Å². The molecule has 1 aliphatic rings. The maximum Gasteiger partial charge on any atom is 0.224 e. The molecule has 0 saturated carbocycles. The van der Waals surface area contributed by atoms with Gasteiger partial charge in [0.25, 0.3) is 0 Å². The fourth-order valence-electron chi connectivity index (χ4n) is 2.50. The molecule has 1 amide bonds. The lowest BCUT2D eigenvalue weighted by Gasteiger charge is -2.23. The van der Waals surface area contributed by atoms with Crippen molar-refractivity contribution >= 4 is 11.6 Å². The molecule has 2 rings (SSSR count). The van der Waals surface area contributed by atoms with E-state index in [1.54, 1.807) is 0 Å². The smallest absolute Gasteiger partial charge is 0.224 e. The van der Waals surface area contributed by atoms with Gasteiger partial charge in [-0.25, -0.2) is 0 Å². The van der Waals surface area contributed by atoms with E-state index in [4.69, 9.17) is 5.73 Å². The zero-order chi connectivity index (χ0) is 13.7. The predicted octanol–water partition coefficient (Wildman–Crippen LogP) is 1.41. The normalized spacial score (nSPS) is 17.3. The van der Waals surface area contributed by atoms with Crippen molar-refractivity contribution in [2.45, 2.75) is 32.2 Å². The summed E-state index contributed by atoms with van der Waals surface area (Å²) in [5, 5.41) is 3.00. The molecule has 1 unspecified atom stereocenters. The van der Waals surface area contributed by atoms with Gasteiger partial charge in [-0.2, -0.15) is 0 Å². The monoisotopic (exact) mass is 261 g/mol. The van der Waals surface area contributed by atoms with Crippen molar-refractivity contribution in [3.8, 4) is 0 Å². The topological polar surface area (TPSA) is 58.4 Å². The van der Waals surface area contributed by atoms with E-state index in [-0.39, 0.29) is 5.91 Å². The lowest BCUT2D eigenvalue weighted by molar-refractivity contribution is -0.120. The van der Waals surface area contributed by atoms with Crippen molar-refractivity contribution < 1.29 is 4.79 Å². The number of carbonyl (C=O) groups is 1. The van der Waals surface area contributed by atoms with Gasteiger partial charge in [-0.15, -0.1) is 0 Å². The number of nitrogens with one attached hydrogen (secondary N) is 1. The predicted molar refractivity (Wildman–Crippen MR) is 77.8 cm³/mol. The summed E-state index contributed by atoms with van der Waals surface area (Å²) >= 11 is 0. The molecule has 0 spiro atoms. The fraction of sp³-hybridized carbons (Fsp3) is 0.533. The quantitative estimate of drug-likeness (QED) is 0.788. The van der Waals surface area contributed by atoms with Crippen LogP contribution >= 0.6 is 0 Å². The molecule has 104 valence electrons. The highest BCUT2D eigenvalue weighted by atomic mass is 16.1. The van der Waals surface area contributed by atoms with Crippen molar-refractivity contribution in [3.05, 3.63) is 29.8 Å². The Morgan fingerprint density at radius 1 is 1.37 bits per heavy atom. The fourth-order valence-corrected chi connectivity index (χ4v) is 2.50. The van der Waals surface area contributed by atoms with Gasteiger partial charge in [0.1, 0.15) is 0 Å². The summed E-state index contributed by atoms with van der Waals surface area (Å²) in [5.41, 5.74) is 7.42. The van der Waals surface area contributed by atoms with Gasteiger partial charge in [-0.05, 0) is 44.5 Å². The summed E-state index contributed by atoms with van der Waals surface area (Å²) in [6.45, 7) is 5.19. The molecular weight excluding hydrogens is 238 g/mol. The second-order valence-corrected chi connectivity index (χ2v) is 5.27. The Balaban J connectivity index is 1.77. The summed E-state index contributed by atoms with van der Waals surface area (Å²) in [5.74, 6) is 0.0453. The zero-order valence-electron chi connectivity index (χ0n) is 11.6. The van der Waals surface area contributed by atoms with E-state index >= 15 is 0 Å². The van der Waals surface area contributed by atoms with Crippen LogP contribution in [0.15, 0.2) is 24.3 Å². The average molecular weight is 261 g/mol. The molecule has 0 aromatic heterocycles. The molecule has 3 N–H and O–H groups in total. The first kappa shape index (κ1) is 13.9. The van der Waals surface area contributed by atoms with Crippen LogP contribution < -0.4 is 11.1 Å². The summed E-state index contributed by atoms with van der Waals surface area (Å²) in [6, 6.07) is 7.94. The minimum absolute atomic E-state index is 0.0453. The minimum atomic E-state index is 0.0453. The maximum atomic E-state index is 11.9. The average Bonchev–Trinajstić information content (AvgIpc) is 2.93. The van der Waals surface area contributed by atoms with Crippen LogP contribution in [-0.2, 0) is 11.2 Å². The van der Waals surface area contributed by atoms with Gasteiger partial charge in [0.15, 0.2) is 0 Å². The van der Waals surface area contributed by atoms with Crippen molar-refractivity contribution in [3.63, 3.8) is 0 Å². The highest BCUT2D eigenvalue weighted by molar-refractivity contribution is 5.80. The molecule has 0 aliphatic carbocycles. The Bertz CT molecular complexity index is 427. The number of nitrogens with two attached hydrogens (primary N) is 1. The molecule has 1 aromatic carbocycles. The van der Waals surface area contributed by atoms with Gasteiger partial charge in [-0.1, -0.05) is 18.2 Å². The standard InChI is InChI=1S/C15H23N3O/c1-12(18-8-4-5-9-18)11-17-15(19)10-13-6-2-3-7-14(13)16/h2-3,6-7,12H,4-5,8-11,16H2,1H3,(H,17,19). The first-order valence-electron chi connectivity index (χ1n) is 7.01. The second kappa shape index (κ2) is 6.57. The Hall–Kier alpha value is -1.55. The number of para-hydroxylation sites is 1. The molecule has 1 aromatic rings. The van der Waals surface area contributed by atoms with E-state index in [2.05, 4.69) is 17.1 Å². The largest absolute Gasteiger partial charge is 0.398 e. The molecule has 4 heteroatoms. The number of hydrogen-bond acceptors (Lipinski definition) is 3. The van der Waals surface area contributed by atoms with Crippen LogP contribution in [0.25, 0.3) is 0 Å². The van der Waals surface area contributed by atoms with Gasteiger partial charge in [0.2, 0.25) is 5.91 Å². The van der Waals surface area contributed by atoms with Gasteiger partial charge >= 0.3 is 0 Å². The van der Waals surface area contributed by atoms with E-state index in [0.29, 0.717) is 24.7 Å². The Labute approximate surface area is 115 Å². The molecule has 4 nitrogen and oxygen atoms in total. The highest BCUT2D eigenvalue weighted by Gasteiger charge is 2.18. The van der Waals surface area contributed by atoms with Crippen molar-refractivity contribution in [2.75, 3.05) is 25.4 Å². The molecule has 1 fully saturated rings. The first-order chi connectivity index (χ1) is 9.16. The van der Waals surface area contributed by atoms with Crippen LogP contribution in [0.4, 0.5) is 5.69 Å². The molecule has 0 bridgehead atoms. The second-order valence-electron chi connectivity index (χ2n) is 5.27. The van der Waals surface area contributed by atoms with Gasteiger partial charge in [-0.3, -0.25) is 9.69 Å². The number of benzene rings is 1. The number of carbonyl (C=O) groups excluding carboxylic acids is 1. The van der Waals surface area contributed by atoms with Crippen molar-refractivity contribution in [1.82, 2.24) is 10.2 Å². The summed E-state index contributed by atoms with van der Waals surface area (Å²) in [4.78, 5) is 14.3. The van der Waals surface area contributed by atoms with E-state index in [1.165, 1.54) is 12.8 Å². The summed E-state index contributed by atoms with van der Waals surface area (Å²) in [7, 11) is 0. The molecule has 1 saturated heterocycles. The van der Waals surface area contributed by atoms with Crippen LogP contribution in [0.2, 0.25) is 0 Å². The third-order valence-corrected chi connectivity index (χ3v) is 3.76. The van der Waals surface area contributed by atoms with Gasteiger partial charge < -0.3 is 11.1 Å². The van der Waals surface area contributed by atoms with Crippen LogP contribution in [0.3, 0.4) is 0 Å². The van der Waals surface area contributed by atoms with Crippen molar-refractivity contribution in [1.29, 1.82) is 0 Å². The summed E-state index contributed by atoms with van der Waals surface area (Å²) < 4.78 is 0. The minimum Gasteiger partial charge on any atom is -0.398 e. The first-order valence-corrected chi connectivity index (χ1v) is 7.01. The molecular formula is C15H23N3O. The Morgan fingerprint density at radius 3 is 2.74 bits per heavy atom. The van der Waals surface area contributed by atoms with Gasteiger partial charge in [0.05, 0.1) is 6.42 Å². The molecule has 19 heavy (non-hydrogen) atoms. The third kappa shape index (κ3) is 3.96.